The second-order valence-electron chi connectivity index (χ2n) is 6.59. The van der Waals surface area contributed by atoms with Gasteiger partial charge < -0.3 is 9.80 Å². The highest BCUT2D eigenvalue weighted by atomic mass is 79.9. The van der Waals surface area contributed by atoms with Crippen molar-refractivity contribution < 1.29 is 9.72 Å². The van der Waals surface area contributed by atoms with Crippen LogP contribution in [0.5, 0.6) is 0 Å². The second-order valence-corrected chi connectivity index (χ2v) is 8.52. The third-order valence-corrected chi connectivity index (χ3v) is 6.48. The van der Waals surface area contributed by atoms with Gasteiger partial charge in [-0.2, -0.15) is 0 Å². The fourth-order valence-electron chi connectivity index (χ4n) is 3.35. The number of carbonyl (C=O) groups excluding carboxylic acids is 1. The number of nitrogens with zero attached hydrogens (tertiary/aromatic N) is 4. The van der Waals surface area contributed by atoms with E-state index < -0.39 is 4.92 Å². The van der Waals surface area contributed by atoms with Crippen LogP contribution < -0.4 is 4.90 Å². The lowest BCUT2D eigenvalue weighted by Gasteiger charge is -2.34. The van der Waals surface area contributed by atoms with Gasteiger partial charge in [-0.3, -0.25) is 14.9 Å². The molecule has 1 aliphatic heterocycles. The van der Waals surface area contributed by atoms with Crippen molar-refractivity contribution in [3.05, 3.63) is 62.1 Å². The predicted molar refractivity (Wildman–Crippen MR) is 113 cm³/mol. The van der Waals surface area contributed by atoms with Crippen molar-refractivity contribution in [3.8, 4) is 0 Å². The Labute approximate surface area is 173 Å². The minimum absolute atomic E-state index is 0.0230. The molecule has 7 nitrogen and oxygen atoms in total. The van der Waals surface area contributed by atoms with E-state index in [0.717, 1.165) is 19.8 Å². The Morgan fingerprint density at radius 3 is 2.68 bits per heavy atom. The smallest absolute Gasteiger partial charge is 0.273 e. The standard InChI is InChI=1S/C19H17BrN4O3S/c1-12-14(3-2-4-16(12)24(26)27)18(25)22-7-9-23(10-8-22)19-21-15-6-5-13(20)11-17(15)28-19/h2-6,11H,7-10H2,1H3. The van der Waals surface area contributed by atoms with Crippen LogP contribution in [0, 0.1) is 17.0 Å². The third kappa shape index (κ3) is 3.47. The van der Waals surface area contributed by atoms with Gasteiger partial charge in [-0.1, -0.05) is 33.3 Å². The van der Waals surface area contributed by atoms with Crippen molar-refractivity contribution in [3.63, 3.8) is 0 Å². The van der Waals surface area contributed by atoms with E-state index in [-0.39, 0.29) is 11.6 Å². The predicted octanol–water partition coefficient (Wildman–Crippen LogP) is 4.24. The third-order valence-electron chi connectivity index (χ3n) is 4.91. The molecule has 0 spiro atoms. The van der Waals surface area contributed by atoms with Crippen LogP contribution in [0.25, 0.3) is 10.2 Å². The fraction of sp³-hybridized carbons (Fsp3) is 0.263. The highest BCUT2D eigenvalue weighted by Gasteiger charge is 2.26. The number of piperazine rings is 1. The Morgan fingerprint density at radius 1 is 1.21 bits per heavy atom. The monoisotopic (exact) mass is 460 g/mol. The molecule has 3 aromatic rings. The van der Waals surface area contributed by atoms with Crippen LogP contribution in [-0.4, -0.2) is 46.9 Å². The second kappa shape index (κ2) is 7.48. The summed E-state index contributed by atoms with van der Waals surface area (Å²) in [6.45, 7) is 4.10. The molecule has 1 amide bonds. The van der Waals surface area contributed by atoms with Crippen LogP contribution in [0.4, 0.5) is 10.8 Å². The average molecular weight is 461 g/mol. The maximum atomic E-state index is 12.9. The summed E-state index contributed by atoms with van der Waals surface area (Å²) in [5.74, 6) is -0.158. The minimum Gasteiger partial charge on any atom is -0.345 e. The number of thiazole rings is 1. The average Bonchev–Trinajstić information content (AvgIpc) is 3.10. The van der Waals surface area contributed by atoms with E-state index >= 15 is 0 Å². The van der Waals surface area contributed by atoms with Crippen LogP contribution in [0.15, 0.2) is 40.9 Å². The summed E-state index contributed by atoms with van der Waals surface area (Å²) in [7, 11) is 0. The topological polar surface area (TPSA) is 79.6 Å². The summed E-state index contributed by atoms with van der Waals surface area (Å²) in [6, 6.07) is 10.7. The van der Waals surface area contributed by atoms with Gasteiger partial charge >= 0.3 is 0 Å². The quantitative estimate of drug-likeness (QED) is 0.431. The van der Waals surface area contributed by atoms with E-state index in [4.69, 9.17) is 4.98 Å². The molecule has 9 heteroatoms. The first-order valence-electron chi connectivity index (χ1n) is 8.78. The van der Waals surface area contributed by atoms with Crippen LogP contribution in [-0.2, 0) is 0 Å². The molecule has 2 heterocycles. The number of carbonyl (C=O) groups is 1. The first-order valence-corrected chi connectivity index (χ1v) is 10.4. The molecule has 144 valence electrons. The Bertz CT molecular complexity index is 1080. The van der Waals surface area contributed by atoms with Crippen molar-refractivity contribution in [1.82, 2.24) is 9.88 Å². The lowest BCUT2D eigenvalue weighted by Crippen LogP contribution is -2.48. The Hall–Kier alpha value is -2.52. The Balaban J connectivity index is 1.48. The van der Waals surface area contributed by atoms with Crippen molar-refractivity contribution in [2.75, 3.05) is 31.1 Å². The van der Waals surface area contributed by atoms with Crippen LogP contribution >= 0.6 is 27.3 Å². The zero-order valence-corrected chi connectivity index (χ0v) is 17.5. The van der Waals surface area contributed by atoms with Gasteiger partial charge in [-0.05, 0) is 31.2 Å². The van der Waals surface area contributed by atoms with Gasteiger partial charge in [0, 0.05) is 47.8 Å². The first kappa shape index (κ1) is 18.8. The molecular weight excluding hydrogens is 444 g/mol. The summed E-state index contributed by atoms with van der Waals surface area (Å²) in [5.41, 5.74) is 1.75. The molecule has 1 saturated heterocycles. The summed E-state index contributed by atoms with van der Waals surface area (Å²) in [4.78, 5) is 32.2. The Morgan fingerprint density at radius 2 is 1.96 bits per heavy atom. The van der Waals surface area contributed by atoms with Gasteiger partial charge in [-0.25, -0.2) is 4.98 Å². The van der Waals surface area contributed by atoms with Gasteiger partial charge in [0.25, 0.3) is 11.6 Å². The van der Waals surface area contributed by atoms with E-state index in [1.54, 1.807) is 35.3 Å². The molecule has 1 aliphatic rings. The van der Waals surface area contributed by atoms with Crippen molar-refractivity contribution in [2.24, 2.45) is 0 Å². The van der Waals surface area contributed by atoms with Gasteiger partial charge in [0.2, 0.25) is 0 Å². The van der Waals surface area contributed by atoms with Crippen molar-refractivity contribution in [1.29, 1.82) is 0 Å². The van der Waals surface area contributed by atoms with Crippen molar-refractivity contribution in [2.45, 2.75) is 6.92 Å². The van der Waals surface area contributed by atoms with Crippen LogP contribution in [0.3, 0.4) is 0 Å². The molecular formula is C19H17BrN4O3S. The van der Waals surface area contributed by atoms with Gasteiger partial charge in [0.05, 0.1) is 15.1 Å². The number of nitro groups is 1. The molecule has 1 aromatic heterocycles. The molecule has 0 aliphatic carbocycles. The molecule has 0 N–H and O–H groups in total. The van der Waals surface area contributed by atoms with E-state index in [1.165, 1.54) is 6.07 Å². The molecule has 1 fully saturated rings. The van der Waals surface area contributed by atoms with Crippen LogP contribution in [0.1, 0.15) is 15.9 Å². The number of hydrogen-bond donors (Lipinski definition) is 0. The number of hydrogen-bond acceptors (Lipinski definition) is 6. The maximum Gasteiger partial charge on any atom is 0.273 e. The number of nitro benzene ring substituents is 1. The normalized spacial score (nSPS) is 14.5. The zero-order chi connectivity index (χ0) is 19.8. The summed E-state index contributed by atoms with van der Waals surface area (Å²) < 4.78 is 2.15. The van der Waals surface area contributed by atoms with E-state index in [9.17, 15) is 14.9 Å². The number of amides is 1. The van der Waals surface area contributed by atoms with Crippen LogP contribution in [0.2, 0.25) is 0 Å². The number of fused-ring (bicyclic) bond motifs is 1. The van der Waals surface area contributed by atoms with E-state index in [2.05, 4.69) is 26.9 Å². The molecule has 0 atom stereocenters. The molecule has 0 radical (unpaired) electrons. The summed E-state index contributed by atoms with van der Waals surface area (Å²) in [5, 5.41) is 12.1. The summed E-state index contributed by atoms with van der Waals surface area (Å²) >= 11 is 5.12. The van der Waals surface area contributed by atoms with Crippen molar-refractivity contribution >= 4 is 54.2 Å². The lowest BCUT2D eigenvalue weighted by atomic mass is 10.1. The van der Waals surface area contributed by atoms with Gasteiger partial charge in [-0.15, -0.1) is 0 Å². The van der Waals surface area contributed by atoms with E-state index in [0.29, 0.717) is 37.3 Å². The Kier molecular flexibility index (Phi) is 5.03. The SMILES string of the molecule is Cc1c(C(=O)N2CCN(c3nc4ccc(Br)cc4s3)CC2)cccc1[N+](=O)[O-]. The maximum absolute atomic E-state index is 12.9. The number of aromatic nitrogens is 1. The fourth-order valence-corrected chi connectivity index (χ4v) is 4.91. The van der Waals surface area contributed by atoms with E-state index in [1.807, 2.05) is 12.1 Å². The number of halogens is 1. The summed E-state index contributed by atoms with van der Waals surface area (Å²) in [6.07, 6.45) is 0. The lowest BCUT2D eigenvalue weighted by molar-refractivity contribution is -0.385. The van der Waals surface area contributed by atoms with Gasteiger partial charge in [0.1, 0.15) is 0 Å². The number of benzene rings is 2. The van der Waals surface area contributed by atoms with Gasteiger partial charge in [0.15, 0.2) is 5.13 Å². The highest BCUT2D eigenvalue weighted by molar-refractivity contribution is 9.10. The molecule has 2 aromatic carbocycles. The largest absolute Gasteiger partial charge is 0.345 e. The molecule has 0 bridgehead atoms. The zero-order valence-electron chi connectivity index (χ0n) is 15.1. The minimum atomic E-state index is -0.449. The first-order chi connectivity index (χ1) is 13.4. The molecule has 0 saturated carbocycles. The number of rotatable bonds is 3. The molecule has 28 heavy (non-hydrogen) atoms. The number of anilines is 1. The molecule has 0 unspecified atom stereocenters. The highest BCUT2D eigenvalue weighted by Crippen LogP contribution is 2.31. The molecule has 4 rings (SSSR count).